The highest BCUT2D eigenvalue weighted by atomic mass is 16.2. The summed E-state index contributed by atoms with van der Waals surface area (Å²) in [5.74, 6) is -0.742. The molecular formula is C22H24N4O2. The molecule has 0 spiro atoms. The lowest BCUT2D eigenvalue weighted by atomic mass is 9.96. The largest absolute Gasteiger partial charge is 0.361 e. The second kappa shape index (κ2) is 7.96. The van der Waals surface area contributed by atoms with Crippen molar-refractivity contribution in [1.29, 1.82) is 0 Å². The highest BCUT2D eigenvalue weighted by Crippen LogP contribution is 2.24. The molecule has 2 amide bonds. The van der Waals surface area contributed by atoms with Gasteiger partial charge in [0.2, 0.25) is 0 Å². The van der Waals surface area contributed by atoms with E-state index in [0.717, 1.165) is 38.4 Å². The fourth-order valence-corrected chi connectivity index (χ4v) is 3.55. The van der Waals surface area contributed by atoms with Gasteiger partial charge in [-0.3, -0.25) is 19.8 Å². The van der Waals surface area contributed by atoms with Gasteiger partial charge >= 0.3 is 0 Å². The Morgan fingerprint density at radius 1 is 0.929 bits per heavy atom. The number of benzene rings is 2. The summed E-state index contributed by atoms with van der Waals surface area (Å²) in [6.45, 7) is 5.36. The van der Waals surface area contributed by atoms with Crippen LogP contribution in [0.2, 0.25) is 0 Å². The summed E-state index contributed by atoms with van der Waals surface area (Å²) in [4.78, 5) is 29.0. The Bertz CT molecular complexity index is 912. The molecule has 1 fully saturated rings. The van der Waals surface area contributed by atoms with Crippen molar-refractivity contribution >= 4 is 23.1 Å². The molecule has 0 bridgehead atoms. The Morgan fingerprint density at radius 2 is 1.61 bits per heavy atom. The maximum absolute atomic E-state index is 12.2. The van der Waals surface area contributed by atoms with E-state index in [1.807, 2.05) is 18.2 Å². The van der Waals surface area contributed by atoms with E-state index in [0.29, 0.717) is 16.7 Å². The number of imide groups is 1. The van der Waals surface area contributed by atoms with E-state index in [1.165, 1.54) is 5.56 Å². The van der Waals surface area contributed by atoms with Crippen LogP contribution in [0.1, 0.15) is 21.5 Å². The molecule has 6 nitrogen and oxygen atoms in total. The first-order valence-corrected chi connectivity index (χ1v) is 9.52. The lowest BCUT2D eigenvalue weighted by Gasteiger charge is -2.32. The molecule has 1 saturated heterocycles. The molecule has 2 heterocycles. The van der Waals surface area contributed by atoms with Gasteiger partial charge < -0.3 is 10.2 Å². The number of rotatable bonds is 4. The first kappa shape index (κ1) is 18.4. The number of carbonyl (C=O) groups excluding carboxylic acids is 2. The van der Waals surface area contributed by atoms with Crippen LogP contribution < -0.4 is 10.6 Å². The summed E-state index contributed by atoms with van der Waals surface area (Å²) in [5, 5.41) is 5.57. The molecule has 2 N–H and O–H groups in total. The van der Waals surface area contributed by atoms with Gasteiger partial charge in [-0.15, -0.1) is 0 Å². The Kier molecular flexibility index (Phi) is 5.23. The van der Waals surface area contributed by atoms with Crippen molar-refractivity contribution < 1.29 is 9.59 Å². The minimum atomic E-state index is -0.386. The number of carbonyl (C=O) groups is 2. The second-order valence-electron chi connectivity index (χ2n) is 7.31. The standard InChI is InChI=1S/C22H24N4O2/c1-25-10-12-26(13-11-25)15-16-6-8-17(9-7-16)23-14-20-18-4-2-3-5-19(18)21(27)24-22(20)28/h2-9,14,23H,10-13,15H2,1H3,(H,24,27,28)/b20-14-. The summed E-state index contributed by atoms with van der Waals surface area (Å²) < 4.78 is 0. The van der Waals surface area contributed by atoms with Gasteiger partial charge in [-0.05, 0) is 30.8 Å². The molecule has 6 heteroatoms. The molecule has 0 saturated carbocycles. The highest BCUT2D eigenvalue weighted by molar-refractivity contribution is 6.31. The molecule has 2 aromatic carbocycles. The number of likely N-dealkylation sites (N-methyl/N-ethyl adjacent to an activating group) is 1. The quantitative estimate of drug-likeness (QED) is 0.632. The van der Waals surface area contributed by atoms with Crippen LogP contribution >= 0.6 is 0 Å². The Balaban J connectivity index is 1.44. The maximum Gasteiger partial charge on any atom is 0.260 e. The molecule has 144 valence electrons. The Morgan fingerprint density at radius 3 is 2.32 bits per heavy atom. The third-order valence-electron chi connectivity index (χ3n) is 5.27. The number of hydrogen-bond acceptors (Lipinski definition) is 5. The van der Waals surface area contributed by atoms with Gasteiger partial charge in [0.05, 0.1) is 5.57 Å². The van der Waals surface area contributed by atoms with Crippen LogP contribution in [0.15, 0.2) is 54.7 Å². The van der Waals surface area contributed by atoms with Crippen molar-refractivity contribution in [3.8, 4) is 0 Å². The number of hydrogen-bond donors (Lipinski definition) is 2. The minimum absolute atomic E-state index is 0.356. The average Bonchev–Trinajstić information content (AvgIpc) is 2.71. The third kappa shape index (κ3) is 3.98. The van der Waals surface area contributed by atoms with Gasteiger partial charge in [-0.2, -0.15) is 0 Å². The van der Waals surface area contributed by atoms with Gasteiger partial charge in [0.1, 0.15) is 0 Å². The van der Waals surface area contributed by atoms with Crippen LogP contribution in [0.25, 0.3) is 5.57 Å². The fourth-order valence-electron chi connectivity index (χ4n) is 3.55. The normalized spacial score (nSPS) is 19.4. The molecule has 0 unspecified atom stereocenters. The topological polar surface area (TPSA) is 64.7 Å². The summed E-state index contributed by atoms with van der Waals surface area (Å²) in [5.41, 5.74) is 3.79. The molecule has 0 radical (unpaired) electrons. The average molecular weight is 376 g/mol. The first-order chi connectivity index (χ1) is 13.6. The minimum Gasteiger partial charge on any atom is -0.361 e. The zero-order valence-electron chi connectivity index (χ0n) is 15.9. The van der Waals surface area contributed by atoms with E-state index in [9.17, 15) is 9.59 Å². The summed E-state index contributed by atoms with van der Waals surface area (Å²) in [7, 11) is 2.16. The molecule has 28 heavy (non-hydrogen) atoms. The van der Waals surface area contributed by atoms with E-state index in [-0.39, 0.29) is 11.8 Å². The lowest BCUT2D eigenvalue weighted by Crippen LogP contribution is -2.43. The van der Waals surface area contributed by atoms with Gasteiger partial charge in [0.25, 0.3) is 11.8 Å². The van der Waals surface area contributed by atoms with Gasteiger partial charge in [0, 0.05) is 55.7 Å². The molecule has 2 aromatic rings. The zero-order chi connectivity index (χ0) is 19.5. The number of anilines is 1. The summed E-state index contributed by atoms with van der Waals surface area (Å²) >= 11 is 0. The first-order valence-electron chi connectivity index (χ1n) is 9.52. The SMILES string of the molecule is CN1CCN(Cc2ccc(N/C=C3\C(=O)NC(=O)c4ccccc43)cc2)CC1. The smallest absolute Gasteiger partial charge is 0.260 e. The van der Waals surface area contributed by atoms with Crippen LogP contribution in [-0.4, -0.2) is 54.8 Å². The lowest BCUT2D eigenvalue weighted by molar-refractivity contribution is -0.114. The van der Waals surface area contributed by atoms with E-state index in [1.54, 1.807) is 24.4 Å². The van der Waals surface area contributed by atoms with E-state index in [2.05, 4.69) is 39.6 Å². The number of piperazine rings is 1. The Hall–Kier alpha value is -2.96. The number of nitrogens with zero attached hydrogens (tertiary/aromatic N) is 2. The van der Waals surface area contributed by atoms with Crippen molar-refractivity contribution in [2.24, 2.45) is 0 Å². The van der Waals surface area contributed by atoms with Crippen LogP contribution in [0.5, 0.6) is 0 Å². The predicted octanol–water partition coefficient (Wildman–Crippen LogP) is 2.16. The number of nitrogens with one attached hydrogen (secondary N) is 2. The van der Waals surface area contributed by atoms with Crippen LogP contribution in [0.3, 0.4) is 0 Å². The molecule has 0 atom stereocenters. The molecule has 2 aliphatic rings. The van der Waals surface area contributed by atoms with Crippen LogP contribution in [-0.2, 0) is 11.3 Å². The van der Waals surface area contributed by atoms with Gasteiger partial charge in [-0.25, -0.2) is 0 Å². The molecule has 4 rings (SSSR count). The molecular weight excluding hydrogens is 352 g/mol. The number of amides is 2. The third-order valence-corrected chi connectivity index (χ3v) is 5.27. The monoisotopic (exact) mass is 376 g/mol. The fraction of sp³-hybridized carbons (Fsp3) is 0.273. The van der Waals surface area contributed by atoms with Crippen molar-refractivity contribution in [3.05, 3.63) is 71.4 Å². The van der Waals surface area contributed by atoms with Crippen LogP contribution in [0.4, 0.5) is 5.69 Å². The highest BCUT2D eigenvalue weighted by Gasteiger charge is 2.26. The maximum atomic E-state index is 12.2. The van der Waals surface area contributed by atoms with Gasteiger partial charge in [-0.1, -0.05) is 30.3 Å². The summed E-state index contributed by atoms with van der Waals surface area (Å²) in [6, 6.07) is 15.4. The van der Waals surface area contributed by atoms with Crippen molar-refractivity contribution in [1.82, 2.24) is 15.1 Å². The zero-order valence-corrected chi connectivity index (χ0v) is 15.9. The van der Waals surface area contributed by atoms with Gasteiger partial charge in [0.15, 0.2) is 0 Å². The van der Waals surface area contributed by atoms with E-state index < -0.39 is 0 Å². The molecule has 0 aromatic heterocycles. The van der Waals surface area contributed by atoms with Crippen molar-refractivity contribution in [2.45, 2.75) is 6.54 Å². The summed E-state index contributed by atoms with van der Waals surface area (Å²) in [6.07, 6.45) is 1.66. The number of fused-ring (bicyclic) bond motifs is 1. The molecule has 2 aliphatic heterocycles. The van der Waals surface area contributed by atoms with E-state index in [4.69, 9.17) is 0 Å². The van der Waals surface area contributed by atoms with Crippen molar-refractivity contribution in [3.63, 3.8) is 0 Å². The van der Waals surface area contributed by atoms with E-state index >= 15 is 0 Å². The van der Waals surface area contributed by atoms with Crippen molar-refractivity contribution in [2.75, 3.05) is 38.5 Å². The van der Waals surface area contributed by atoms with Crippen LogP contribution in [0, 0.1) is 0 Å². The second-order valence-corrected chi connectivity index (χ2v) is 7.31. The molecule has 0 aliphatic carbocycles. The predicted molar refractivity (Wildman–Crippen MR) is 110 cm³/mol. The Labute approximate surface area is 164 Å².